The van der Waals surface area contributed by atoms with Gasteiger partial charge in [-0.25, -0.2) is 0 Å². The Morgan fingerprint density at radius 1 is 1.03 bits per heavy atom. The number of benzene rings is 1. The van der Waals surface area contributed by atoms with Gasteiger partial charge in [-0.3, -0.25) is 14.5 Å². The number of aryl methyl sites for hydroxylation is 2. The molecule has 2 heterocycles. The average Bonchev–Trinajstić information content (AvgIpc) is 3.13. The number of thioether (sulfide) groups is 1. The zero-order valence-corrected chi connectivity index (χ0v) is 19.7. The number of para-hydroxylation sites is 1. The van der Waals surface area contributed by atoms with E-state index in [2.05, 4.69) is 42.3 Å². The number of nitrogens with one attached hydrogen (secondary N) is 1. The van der Waals surface area contributed by atoms with Gasteiger partial charge in [-0.1, -0.05) is 32.0 Å². The van der Waals surface area contributed by atoms with Crippen molar-refractivity contribution in [2.45, 2.75) is 37.3 Å². The predicted molar refractivity (Wildman–Crippen MR) is 127 cm³/mol. The van der Waals surface area contributed by atoms with Crippen LogP contribution in [0.15, 0.2) is 34.5 Å². The van der Waals surface area contributed by atoms with Crippen LogP contribution in [0.4, 0.5) is 5.69 Å². The van der Waals surface area contributed by atoms with Crippen LogP contribution in [0.25, 0.3) is 0 Å². The first kappa shape index (κ1) is 22.8. The SMILES string of the molecule is CCc1cccc(CC)c1NC(=O)CN1CCCN(C(=O)c2ccc(SC)s2)CC1. The Hall–Kier alpha value is -1.83. The molecule has 0 spiro atoms. The van der Waals surface area contributed by atoms with Crippen molar-refractivity contribution in [2.24, 2.45) is 0 Å². The van der Waals surface area contributed by atoms with E-state index in [0.29, 0.717) is 13.1 Å². The molecule has 2 amide bonds. The third kappa shape index (κ3) is 5.65. The number of hydrogen-bond acceptors (Lipinski definition) is 5. The maximum atomic E-state index is 12.8. The Bertz CT molecular complexity index is 859. The quantitative estimate of drug-likeness (QED) is 0.643. The van der Waals surface area contributed by atoms with Gasteiger partial charge in [0.15, 0.2) is 0 Å². The number of thiophene rings is 1. The van der Waals surface area contributed by atoms with Gasteiger partial charge in [0, 0.05) is 31.9 Å². The Morgan fingerprint density at radius 3 is 2.40 bits per heavy atom. The minimum Gasteiger partial charge on any atom is -0.337 e. The number of anilines is 1. The lowest BCUT2D eigenvalue weighted by Crippen LogP contribution is -2.38. The highest BCUT2D eigenvalue weighted by Gasteiger charge is 2.23. The fourth-order valence-electron chi connectivity index (χ4n) is 3.82. The molecule has 7 heteroatoms. The van der Waals surface area contributed by atoms with Gasteiger partial charge in [0.05, 0.1) is 15.6 Å². The molecule has 0 saturated carbocycles. The van der Waals surface area contributed by atoms with E-state index in [1.54, 1.807) is 23.1 Å². The second-order valence-electron chi connectivity index (χ2n) is 7.45. The van der Waals surface area contributed by atoms with Crippen LogP contribution in [0.1, 0.15) is 41.1 Å². The molecule has 0 bridgehead atoms. The lowest BCUT2D eigenvalue weighted by atomic mass is 10.0. The first-order valence-electron chi connectivity index (χ1n) is 10.6. The molecule has 0 radical (unpaired) electrons. The second kappa shape index (κ2) is 11.0. The molecule has 1 aromatic carbocycles. The molecule has 1 aromatic heterocycles. The normalized spacial score (nSPS) is 15.1. The summed E-state index contributed by atoms with van der Waals surface area (Å²) in [5.41, 5.74) is 3.33. The number of amides is 2. The van der Waals surface area contributed by atoms with Crippen molar-refractivity contribution in [1.29, 1.82) is 0 Å². The Labute approximate surface area is 187 Å². The summed E-state index contributed by atoms with van der Waals surface area (Å²) in [6.07, 6.45) is 4.69. The molecule has 1 fully saturated rings. The Balaban J connectivity index is 1.57. The summed E-state index contributed by atoms with van der Waals surface area (Å²) in [6.45, 7) is 7.52. The van der Waals surface area contributed by atoms with E-state index in [-0.39, 0.29) is 11.8 Å². The number of rotatable bonds is 7. The van der Waals surface area contributed by atoms with Gasteiger partial charge in [-0.2, -0.15) is 0 Å². The van der Waals surface area contributed by atoms with Crippen LogP contribution in [0.2, 0.25) is 0 Å². The first-order valence-corrected chi connectivity index (χ1v) is 12.7. The molecular formula is C23H31N3O2S2. The van der Waals surface area contributed by atoms with Crippen molar-refractivity contribution in [1.82, 2.24) is 9.80 Å². The highest BCUT2D eigenvalue weighted by atomic mass is 32.2. The van der Waals surface area contributed by atoms with Crippen molar-refractivity contribution in [3.05, 3.63) is 46.3 Å². The molecule has 3 rings (SSSR count). The van der Waals surface area contributed by atoms with Crippen molar-refractivity contribution in [2.75, 3.05) is 44.3 Å². The number of carbonyl (C=O) groups excluding carboxylic acids is 2. The summed E-state index contributed by atoms with van der Waals surface area (Å²) in [5, 5.41) is 3.16. The number of hydrogen-bond donors (Lipinski definition) is 1. The van der Waals surface area contributed by atoms with Crippen LogP contribution in [0, 0.1) is 0 Å². The average molecular weight is 446 g/mol. The van der Waals surface area contributed by atoms with E-state index in [0.717, 1.165) is 53.7 Å². The lowest BCUT2D eigenvalue weighted by molar-refractivity contribution is -0.117. The maximum Gasteiger partial charge on any atom is 0.264 e. The summed E-state index contributed by atoms with van der Waals surface area (Å²) in [6, 6.07) is 10.2. The van der Waals surface area contributed by atoms with Crippen molar-refractivity contribution >= 4 is 40.6 Å². The van der Waals surface area contributed by atoms with Crippen LogP contribution in [0.5, 0.6) is 0 Å². The molecule has 5 nitrogen and oxygen atoms in total. The van der Waals surface area contributed by atoms with Crippen molar-refractivity contribution < 1.29 is 9.59 Å². The van der Waals surface area contributed by atoms with E-state index in [9.17, 15) is 9.59 Å². The van der Waals surface area contributed by atoms with E-state index in [4.69, 9.17) is 0 Å². The molecule has 1 aliphatic heterocycles. The second-order valence-corrected chi connectivity index (χ2v) is 9.64. The van der Waals surface area contributed by atoms with Gasteiger partial charge in [0.25, 0.3) is 5.91 Å². The molecule has 0 unspecified atom stereocenters. The summed E-state index contributed by atoms with van der Waals surface area (Å²) < 4.78 is 1.16. The molecule has 162 valence electrons. The number of carbonyl (C=O) groups is 2. The fraction of sp³-hybridized carbons (Fsp3) is 0.478. The molecule has 0 atom stereocenters. The van der Waals surface area contributed by atoms with Gasteiger partial charge in [-0.15, -0.1) is 23.1 Å². The summed E-state index contributed by atoms with van der Waals surface area (Å²) in [5.74, 6) is 0.129. The van der Waals surface area contributed by atoms with Crippen LogP contribution in [-0.2, 0) is 17.6 Å². The Morgan fingerprint density at radius 2 is 1.77 bits per heavy atom. The third-order valence-electron chi connectivity index (χ3n) is 5.50. The van der Waals surface area contributed by atoms with Crippen LogP contribution < -0.4 is 5.32 Å². The van der Waals surface area contributed by atoms with Crippen LogP contribution in [-0.4, -0.2) is 60.6 Å². The minimum absolute atomic E-state index is 0.0215. The molecular weight excluding hydrogens is 414 g/mol. The molecule has 30 heavy (non-hydrogen) atoms. The van der Waals surface area contributed by atoms with Gasteiger partial charge in [0.2, 0.25) is 5.91 Å². The van der Waals surface area contributed by atoms with Crippen molar-refractivity contribution in [3.8, 4) is 0 Å². The highest BCUT2D eigenvalue weighted by molar-refractivity contribution is 8.00. The molecule has 0 aliphatic carbocycles. The lowest BCUT2D eigenvalue weighted by Gasteiger charge is -2.22. The van der Waals surface area contributed by atoms with Gasteiger partial charge in [-0.05, 0) is 48.8 Å². The molecule has 1 N–H and O–H groups in total. The van der Waals surface area contributed by atoms with Crippen molar-refractivity contribution in [3.63, 3.8) is 0 Å². The molecule has 2 aromatic rings. The third-order valence-corrected chi connectivity index (χ3v) is 7.66. The Kier molecular flexibility index (Phi) is 8.36. The van der Waals surface area contributed by atoms with E-state index < -0.39 is 0 Å². The van der Waals surface area contributed by atoms with E-state index in [1.807, 2.05) is 23.3 Å². The number of nitrogens with zero attached hydrogens (tertiary/aromatic N) is 2. The van der Waals surface area contributed by atoms with Gasteiger partial charge < -0.3 is 10.2 Å². The van der Waals surface area contributed by atoms with Crippen LogP contribution >= 0.6 is 23.1 Å². The summed E-state index contributed by atoms with van der Waals surface area (Å²) in [7, 11) is 0. The van der Waals surface area contributed by atoms with E-state index in [1.165, 1.54) is 11.1 Å². The molecule has 1 aliphatic rings. The smallest absolute Gasteiger partial charge is 0.264 e. The topological polar surface area (TPSA) is 52.7 Å². The largest absolute Gasteiger partial charge is 0.337 e. The standard InChI is InChI=1S/C23H31N3O2S2/c1-4-17-8-6-9-18(5-2)22(17)24-20(27)16-25-12-7-13-26(15-14-25)23(28)19-10-11-21(29-3)30-19/h6,8-11H,4-5,7,12-16H2,1-3H3,(H,24,27). The summed E-state index contributed by atoms with van der Waals surface area (Å²) >= 11 is 3.22. The first-order chi connectivity index (χ1) is 14.5. The van der Waals surface area contributed by atoms with Crippen LogP contribution in [0.3, 0.4) is 0 Å². The minimum atomic E-state index is 0.0215. The zero-order valence-electron chi connectivity index (χ0n) is 18.1. The monoisotopic (exact) mass is 445 g/mol. The zero-order chi connectivity index (χ0) is 21.5. The fourth-order valence-corrected chi connectivity index (χ4v) is 5.33. The van der Waals surface area contributed by atoms with E-state index >= 15 is 0 Å². The van der Waals surface area contributed by atoms with Gasteiger partial charge >= 0.3 is 0 Å². The maximum absolute atomic E-state index is 12.8. The highest BCUT2D eigenvalue weighted by Crippen LogP contribution is 2.26. The predicted octanol–water partition coefficient (Wildman–Crippen LogP) is 4.38. The summed E-state index contributed by atoms with van der Waals surface area (Å²) in [4.78, 5) is 30.5. The molecule has 1 saturated heterocycles. The van der Waals surface area contributed by atoms with Gasteiger partial charge in [0.1, 0.15) is 0 Å².